The van der Waals surface area contributed by atoms with Gasteiger partial charge in [0, 0.05) is 36.6 Å². The van der Waals surface area contributed by atoms with Crippen molar-refractivity contribution in [3.8, 4) is 28.3 Å². The first kappa shape index (κ1) is 27.3. The fourth-order valence-electron chi connectivity index (χ4n) is 4.54. The monoisotopic (exact) mass is 516 g/mol. The summed E-state index contributed by atoms with van der Waals surface area (Å²) >= 11 is 0. The number of carbonyl (C=O) groups is 2. The molecule has 1 aliphatic heterocycles. The lowest BCUT2D eigenvalue weighted by Gasteiger charge is -2.38. The zero-order valence-corrected chi connectivity index (χ0v) is 22.3. The summed E-state index contributed by atoms with van der Waals surface area (Å²) in [7, 11) is 0. The van der Waals surface area contributed by atoms with Gasteiger partial charge in [-0.2, -0.15) is 0 Å². The first-order chi connectivity index (χ1) is 18.2. The maximum Gasteiger partial charge on any atom is 0.310 e. The molecule has 3 aromatic rings. The van der Waals surface area contributed by atoms with Gasteiger partial charge in [0.2, 0.25) is 5.91 Å². The van der Waals surface area contributed by atoms with Gasteiger partial charge in [-0.3, -0.25) is 9.59 Å². The van der Waals surface area contributed by atoms with Crippen LogP contribution < -0.4 is 10.5 Å². The molecule has 0 bridgehead atoms. The van der Waals surface area contributed by atoms with Crippen molar-refractivity contribution in [2.24, 2.45) is 17.6 Å². The summed E-state index contributed by atoms with van der Waals surface area (Å²) in [6, 6.07) is 13.2. The van der Waals surface area contributed by atoms with Crippen molar-refractivity contribution in [2.45, 2.75) is 46.1 Å². The largest absolute Gasteiger partial charge is 0.494 e. The molecular formula is C30H36N4O4. The van der Waals surface area contributed by atoms with Gasteiger partial charge < -0.3 is 20.5 Å². The molecular weight excluding hydrogens is 480 g/mol. The minimum absolute atomic E-state index is 0.214. The van der Waals surface area contributed by atoms with Gasteiger partial charge in [0.15, 0.2) is 5.82 Å². The number of likely N-dealkylation sites (tertiary alicyclic amines) is 1. The topological polar surface area (TPSA) is 119 Å². The van der Waals surface area contributed by atoms with E-state index in [1.165, 1.54) is 4.90 Å². The predicted octanol–water partition coefficient (Wildman–Crippen LogP) is 4.35. The summed E-state index contributed by atoms with van der Waals surface area (Å²) in [4.78, 5) is 34.2. The Kier molecular flexibility index (Phi) is 8.73. The minimum Gasteiger partial charge on any atom is -0.494 e. The first-order valence-corrected chi connectivity index (χ1v) is 13.1. The summed E-state index contributed by atoms with van der Waals surface area (Å²) in [5.74, 6) is 0.599. The summed E-state index contributed by atoms with van der Waals surface area (Å²) in [5.41, 5.74) is 10.9. The number of hydrogen-bond acceptors (Lipinski definition) is 6. The van der Waals surface area contributed by atoms with Crippen LogP contribution in [-0.2, 0) is 16.0 Å². The number of carbonyl (C=O) groups excluding carboxylic acids is 1. The van der Waals surface area contributed by atoms with Crippen LogP contribution in [0, 0.1) is 18.8 Å². The van der Waals surface area contributed by atoms with Gasteiger partial charge in [-0.25, -0.2) is 9.97 Å². The van der Waals surface area contributed by atoms with E-state index >= 15 is 0 Å². The van der Waals surface area contributed by atoms with Gasteiger partial charge in [-0.05, 0) is 60.9 Å². The van der Waals surface area contributed by atoms with Crippen LogP contribution in [0.2, 0.25) is 0 Å². The number of amides is 1. The van der Waals surface area contributed by atoms with Crippen LogP contribution in [0.25, 0.3) is 22.5 Å². The molecule has 8 nitrogen and oxygen atoms in total. The average Bonchev–Trinajstić information content (AvgIpc) is 2.86. The average molecular weight is 517 g/mol. The molecule has 2 heterocycles. The molecule has 1 fully saturated rings. The number of ether oxygens (including phenoxy) is 1. The second-order valence-corrected chi connectivity index (χ2v) is 10.4. The molecule has 4 rings (SSSR count). The number of rotatable bonds is 11. The Morgan fingerprint density at radius 3 is 2.37 bits per heavy atom. The van der Waals surface area contributed by atoms with Crippen LogP contribution in [0.3, 0.4) is 0 Å². The number of nitrogens with two attached hydrogens (primary N) is 1. The van der Waals surface area contributed by atoms with E-state index in [-0.39, 0.29) is 19.0 Å². The van der Waals surface area contributed by atoms with E-state index < -0.39 is 17.9 Å². The fraction of sp³-hybridized carbons (Fsp3) is 0.400. The molecule has 1 atom stereocenters. The molecule has 200 valence electrons. The zero-order valence-electron chi connectivity index (χ0n) is 22.3. The Morgan fingerprint density at radius 2 is 1.76 bits per heavy atom. The molecule has 0 radical (unpaired) electrons. The second kappa shape index (κ2) is 12.2. The van der Waals surface area contributed by atoms with E-state index in [1.54, 1.807) is 0 Å². The summed E-state index contributed by atoms with van der Waals surface area (Å²) < 4.78 is 5.84. The zero-order chi connectivity index (χ0) is 27.2. The van der Waals surface area contributed by atoms with E-state index in [2.05, 4.69) is 23.8 Å². The van der Waals surface area contributed by atoms with Gasteiger partial charge >= 0.3 is 5.97 Å². The van der Waals surface area contributed by atoms with Crippen molar-refractivity contribution >= 4 is 11.9 Å². The number of carboxylic acid groups (broad SMARTS) is 1. The molecule has 2 aromatic carbocycles. The van der Waals surface area contributed by atoms with Gasteiger partial charge in [0.05, 0.1) is 18.6 Å². The van der Waals surface area contributed by atoms with E-state index in [0.717, 1.165) is 53.0 Å². The third kappa shape index (κ3) is 6.75. The highest BCUT2D eigenvalue weighted by Crippen LogP contribution is 2.26. The van der Waals surface area contributed by atoms with Crippen LogP contribution in [-0.4, -0.2) is 57.6 Å². The first-order valence-electron chi connectivity index (χ1n) is 13.1. The Bertz CT molecular complexity index is 1250. The minimum atomic E-state index is -0.875. The highest BCUT2D eigenvalue weighted by Gasteiger charge is 2.37. The molecule has 0 aliphatic carbocycles. The Labute approximate surface area is 223 Å². The predicted molar refractivity (Wildman–Crippen MR) is 147 cm³/mol. The Hall–Kier alpha value is -3.78. The molecule has 1 aromatic heterocycles. The normalized spacial score (nSPS) is 14.3. The Morgan fingerprint density at radius 1 is 1.08 bits per heavy atom. The smallest absolute Gasteiger partial charge is 0.310 e. The van der Waals surface area contributed by atoms with Crippen molar-refractivity contribution < 1.29 is 19.4 Å². The van der Waals surface area contributed by atoms with Crippen molar-refractivity contribution in [1.82, 2.24) is 14.9 Å². The molecule has 1 amide bonds. The van der Waals surface area contributed by atoms with Gasteiger partial charge in [0.1, 0.15) is 5.75 Å². The maximum absolute atomic E-state index is 12.5. The van der Waals surface area contributed by atoms with Crippen molar-refractivity contribution in [1.29, 1.82) is 0 Å². The lowest BCUT2D eigenvalue weighted by Crippen LogP contribution is -2.57. The lowest BCUT2D eigenvalue weighted by atomic mass is 9.96. The lowest BCUT2D eigenvalue weighted by molar-refractivity contribution is -0.153. The highest BCUT2D eigenvalue weighted by atomic mass is 16.5. The standard InChI is InChI=1S/C30H36N4O4/c1-19(2)5-4-12-38-25-9-7-22(8-10-25)23-15-32-28(33-16-23)26-11-6-21(13-20(26)3)14-27(31)29(35)34-17-24(18-34)30(36)37/h6-11,13,15-16,19,24,27H,4-5,12,14,17-18,31H2,1-3H3,(H,36,37). The van der Waals surface area contributed by atoms with E-state index in [0.29, 0.717) is 18.2 Å². The number of aliphatic carboxylic acids is 1. The van der Waals surface area contributed by atoms with Gasteiger partial charge in [-0.1, -0.05) is 44.2 Å². The molecule has 0 saturated carbocycles. The number of carboxylic acids is 1. The summed E-state index contributed by atoms with van der Waals surface area (Å²) in [6.45, 7) is 7.59. The highest BCUT2D eigenvalue weighted by molar-refractivity contribution is 5.85. The number of benzene rings is 2. The van der Waals surface area contributed by atoms with Crippen LogP contribution in [0.5, 0.6) is 5.75 Å². The van der Waals surface area contributed by atoms with Gasteiger partial charge in [0.25, 0.3) is 0 Å². The number of nitrogens with zero attached hydrogens (tertiary/aromatic N) is 3. The molecule has 1 saturated heterocycles. The number of aryl methyl sites for hydroxylation is 1. The third-order valence-electron chi connectivity index (χ3n) is 6.88. The molecule has 1 aliphatic rings. The SMILES string of the molecule is Cc1cc(CC(N)C(=O)N2CC(C(=O)O)C2)ccc1-c1ncc(-c2ccc(OCCCC(C)C)cc2)cn1. The molecule has 0 spiro atoms. The molecule has 1 unspecified atom stereocenters. The van der Waals surface area contributed by atoms with Crippen molar-refractivity contribution in [2.75, 3.05) is 19.7 Å². The quantitative estimate of drug-likeness (QED) is 0.364. The molecule has 38 heavy (non-hydrogen) atoms. The second-order valence-electron chi connectivity index (χ2n) is 10.4. The fourth-order valence-corrected chi connectivity index (χ4v) is 4.54. The maximum atomic E-state index is 12.5. The van der Waals surface area contributed by atoms with E-state index in [4.69, 9.17) is 15.6 Å². The molecule has 3 N–H and O–H groups in total. The summed E-state index contributed by atoms with van der Waals surface area (Å²) in [6.07, 6.45) is 6.23. The van der Waals surface area contributed by atoms with Crippen LogP contribution in [0.1, 0.15) is 37.8 Å². The van der Waals surface area contributed by atoms with E-state index in [1.807, 2.05) is 61.8 Å². The van der Waals surface area contributed by atoms with Gasteiger partial charge in [-0.15, -0.1) is 0 Å². The molecule has 8 heteroatoms. The number of hydrogen-bond donors (Lipinski definition) is 2. The van der Waals surface area contributed by atoms with Crippen molar-refractivity contribution in [3.63, 3.8) is 0 Å². The Balaban J connectivity index is 1.34. The van der Waals surface area contributed by atoms with Crippen LogP contribution in [0.15, 0.2) is 54.9 Å². The number of aromatic nitrogens is 2. The van der Waals surface area contributed by atoms with Crippen LogP contribution in [0.4, 0.5) is 0 Å². The van der Waals surface area contributed by atoms with Crippen LogP contribution >= 0.6 is 0 Å². The third-order valence-corrected chi connectivity index (χ3v) is 6.88. The van der Waals surface area contributed by atoms with Crippen molar-refractivity contribution in [3.05, 3.63) is 66.0 Å². The van der Waals surface area contributed by atoms with E-state index in [9.17, 15) is 9.59 Å². The summed E-state index contributed by atoms with van der Waals surface area (Å²) in [5, 5.41) is 9.00.